The summed E-state index contributed by atoms with van der Waals surface area (Å²) in [4.78, 5) is 33.6. The van der Waals surface area contributed by atoms with E-state index in [1.807, 2.05) is 0 Å². The van der Waals surface area contributed by atoms with E-state index in [0.717, 1.165) is 0 Å². The van der Waals surface area contributed by atoms with Crippen LogP contribution in [0.25, 0.3) is 0 Å². The smallest absolute Gasteiger partial charge is 0.303 e. The lowest BCUT2D eigenvalue weighted by molar-refractivity contribution is -0.174. The molecule has 21 heavy (non-hydrogen) atoms. The van der Waals surface area contributed by atoms with E-state index >= 15 is 0 Å². The van der Waals surface area contributed by atoms with E-state index in [2.05, 4.69) is 5.32 Å². The molecule has 1 aliphatic heterocycles. The Hall–Kier alpha value is -1.67. The molecule has 8 nitrogen and oxygen atoms in total. The number of hydrogen-bond acceptors (Lipinski definition) is 7. The number of nitrogens with one attached hydrogen (secondary N) is 1. The van der Waals surface area contributed by atoms with Gasteiger partial charge in [0, 0.05) is 27.9 Å². The molecule has 5 unspecified atom stereocenters. The van der Waals surface area contributed by atoms with Crippen LogP contribution >= 0.6 is 0 Å². The Labute approximate surface area is 123 Å². The van der Waals surface area contributed by atoms with Crippen molar-refractivity contribution >= 4 is 17.8 Å². The van der Waals surface area contributed by atoms with Gasteiger partial charge in [0.2, 0.25) is 5.91 Å². The fourth-order valence-electron chi connectivity index (χ4n) is 2.30. The number of carbonyl (C=O) groups excluding carboxylic acids is 3. The maximum absolute atomic E-state index is 11.3. The highest BCUT2D eigenvalue weighted by atomic mass is 16.7. The Kier molecular flexibility index (Phi) is 6.10. The lowest BCUT2D eigenvalue weighted by atomic mass is 10.0. The third-order valence-electron chi connectivity index (χ3n) is 2.98. The van der Waals surface area contributed by atoms with Crippen LogP contribution in [0.3, 0.4) is 0 Å². The van der Waals surface area contributed by atoms with Crippen molar-refractivity contribution in [2.45, 2.75) is 58.3 Å². The molecule has 5 atom stereocenters. The van der Waals surface area contributed by atoms with E-state index in [4.69, 9.17) is 18.9 Å². The largest absolute Gasteiger partial charge is 0.460 e. The zero-order valence-electron chi connectivity index (χ0n) is 12.7. The van der Waals surface area contributed by atoms with Gasteiger partial charge in [-0.25, -0.2) is 0 Å². The highest BCUT2D eigenvalue weighted by molar-refractivity contribution is 5.73. The number of hydrogen-bond donors (Lipinski definition) is 1. The van der Waals surface area contributed by atoms with Crippen molar-refractivity contribution in [2.24, 2.45) is 0 Å². The molecule has 0 radical (unpaired) electrons. The molecule has 8 heteroatoms. The van der Waals surface area contributed by atoms with E-state index < -0.39 is 42.6 Å². The van der Waals surface area contributed by atoms with Crippen molar-refractivity contribution in [1.29, 1.82) is 0 Å². The second-order valence-corrected chi connectivity index (χ2v) is 4.82. The van der Waals surface area contributed by atoms with E-state index in [0.29, 0.717) is 0 Å². The van der Waals surface area contributed by atoms with Crippen molar-refractivity contribution in [3.05, 3.63) is 0 Å². The zero-order chi connectivity index (χ0) is 16.2. The summed E-state index contributed by atoms with van der Waals surface area (Å²) in [6.45, 7) is 5.47. The van der Waals surface area contributed by atoms with Crippen LogP contribution in [-0.4, -0.2) is 55.6 Å². The van der Waals surface area contributed by atoms with Gasteiger partial charge in [-0.15, -0.1) is 0 Å². The molecule has 0 aliphatic carbocycles. The summed E-state index contributed by atoms with van der Waals surface area (Å²) in [7, 11) is 1.41. The summed E-state index contributed by atoms with van der Waals surface area (Å²) >= 11 is 0. The quantitative estimate of drug-likeness (QED) is 0.699. The van der Waals surface area contributed by atoms with Gasteiger partial charge >= 0.3 is 11.9 Å². The van der Waals surface area contributed by atoms with Gasteiger partial charge in [0.05, 0.1) is 0 Å². The number of ether oxygens (including phenoxy) is 4. The summed E-state index contributed by atoms with van der Waals surface area (Å²) in [5.41, 5.74) is 0. The van der Waals surface area contributed by atoms with Gasteiger partial charge in [0.15, 0.2) is 12.4 Å². The standard InChI is InChI=1S/C13H21NO7/c1-6(19-8(3)16)11-12(20-9(4)17)10(14-7(2)15)13(18-5)21-11/h6,10-13H,1-5H3,(H,14,15). The van der Waals surface area contributed by atoms with Crippen LogP contribution in [-0.2, 0) is 33.3 Å². The van der Waals surface area contributed by atoms with Gasteiger partial charge in [-0.2, -0.15) is 0 Å². The van der Waals surface area contributed by atoms with Gasteiger partial charge in [-0.1, -0.05) is 0 Å². The third kappa shape index (κ3) is 4.68. The van der Waals surface area contributed by atoms with Gasteiger partial charge in [0.25, 0.3) is 0 Å². The van der Waals surface area contributed by atoms with E-state index in [9.17, 15) is 14.4 Å². The Balaban J connectivity index is 2.96. The average molecular weight is 303 g/mol. The van der Waals surface area contributed by atoms with Gasteiger partial charge in [0.1, 0.15) is 18.2 Å². The topological polar surface area (TPSA) is 100 Å². The van der Waals surface area contributed by atoms with Crippen molar-refractivity contribution in [1.82, 2.24) is 5.32 Å². The van der Waals surface area contributed by atoms with Crippen LogP contribution in [0.1, 0.15) is 27.7 Å². The predicted molar refractivity (Wildman–Crippen MR) is 70.1 cm³/mol. The van der Waals surface area contributed by atoms with Gasteiger partial charge in [-0.05, 0) is 6.92 Å². The minimum absolute atomic E-state index is 0.316. The minimum atomic E-state index is -0.814. The highest BCUT2D eigenvalue weighted by Gasteiger charge is 2.50. The summed E-state index contributed by atoms with van der Waals surface area (Å²) in [6.07, 6.45) is -3.02. The van der Waals surface area contributed by atoms with Crippen LogP contribution in [0.15, 0.2) is 0 Å². The molecule has 1 saturated heterocycles. The summed E-state index contributed by atoms with van der Waals surface area (Å²) in [5.74, 6) is -1.33. The number of rotatable bonds is 5. The van der Waals surface area contributed by atoms with Crippen molar-refractivity contribution < 1.29 is 33.3 Å². The summed E-state index contributed by atoms with van der Waals surface area (Å²) < 4.78 is 21.1. The monoisotopic (exact) mass is 303 g/mol. The molecule has 0 saturated carbocycles. The molecule has 120 valence electrons. The first-order valence-corrected chi connectivity index (χ1v) is 6.56. The van der Waals surface area contributed by atoms with Crippen molar-refractivity contribution in [3.8, 4) is 0 Å². The van der Waals surface area contributed by atoms with Crippen LogP contribution in [0.5, 0.6) is 0 Å². The molecular weight excluding hydrogens is 282 g/mol. The maximum atomic E-state index is 11.3. The number of amides is 1. The maximum Gasteiger partial charge on any atom is 0.303 e. The first-order chi connectivity index (χ1) is 9.76. The molecule has 0 aromatic heterocycles. The molecule has 1 amide bonds. The van der Waals surface area contributed by atoms with Gasteiger partial charge in [-0.3, -0.25) is 14.4 Å². The Bertz CT molecular complexity index is 411. The zero-order valence-corrected chi connectivity index (χ0v) is 12.7. The lowest BCUT2D eigenvalue weighted by Gasteiger charge is -2.26. The van der Waals surface area contributed by atoms with E-state index in [1.165, 1.54) is 27.9 Å². The first kappa shape index (κ1) is 17.4. The molecule has 1 heterocycles. The number of methoxy groups -OCH3 is 1. The third-order valence-corrected chi connectivity index (χ3v) is 2.98. The lowest BCUT2D eigenvalue weighted by Crippen LogP contribution is -2.50. The number of carbonyl (C=O) groups is 3. The van der Waals surface area contributed by atoms with E-state index in [-0.39, 0.29) is 5.91 Å². The first-order valence-electron chi connectivity index (χ1n) is 6.56. The van der Waals surface area contributed by atoms with Crippen LogP contribution in [0.4, 0.5) is 0 Å². The molecular formula is C13H21NO7. The number of esters is 2. The molecule has 0 aromatic carbocycles. The van der Waals surface area contributed by atoms with Gasteiger partial charge < -0.3 is 24.3 Å². The molecule has 1 N–H and O–H groups in total. The predicted octanol–water partition coefficient (Wildman–Crippen LogP) is -0.254. The highest BCUT2D eigenvalue weighted by Crippen LogP contribution is 2.28. The Morgan fingerprint density at radius 2 is 1.76 bits per heavy atom. The Morgan fingerprint density at radius 1 is 1.14 bits per heavy atom. The van der Waals surface area contributed by atoms with Crippen molar-refractivity contribution in [3.63, 3.8) is 0 Å². The fourth-order valence-corrected chi connectivity index (χ4v) is 2.30. The SMILES string of the molecule is COC1OC(C(C)OC(C)=O)C(OC(C)=O)C1NC(C)=O. The summed E-state index contributed by atoms with van der Waals surface area (Å²) in [6, 6.07) is -0.681. The second-order valence-electron chi connectivity index (χ2n) is 4.82. The average Bonchev–Trinajstić information content (AvgIpc) is 2.65. The Morgan fingerprint density at radius 3 is 2.19 bits per heavy atom. The fraction of sp³-hybridized carbons (Fsp3) is 0.769. The second kappa shape index (κ2) is 7.37. The summed E-state index contributed by atoms with van der Waals surface area (Å²) in [5, 5.41) is 2.63. The molecule has 1 rings (SSSR count). The molecule has 0 aromatic rings. The molecule has 0 bridgehead atoms. The molecule has 0 spiro atoms. The normalized spacial score (nSPS) is 29.6. The van der Waals surface area contributed by atoms with Crippen LogP contribution < -0.4 is 5.32 Å². The molecule has 1 aliphatic rings. The van der Waals surface area contributed by atoms with Crippen molar-refractivity contribution in [2.75, 3.05) is 7.11 Å². The van der Waals surface area contributed by atoms with Crippen LogP contribution in [0, 0.1) is 0 Å². The molecule has 1 fully saturated rings. The van der Waals surface area contributed by atoms with Crippen LogP contribution in [0.2, 0.25) is 0 Å². The van der Waals surface area contributed by atoms with E-state index in [1.54, 1.807) is 6.92 Å². The minimum Gasteiger partial charge on any atom is -0.460 e.